The van der Waals surface area contributed by atoms with Gasteiger partial charge in [0.2, 0.25) is 0 Å². The molecule has 0 aromatic carbocycles. The summed E-state index contributed by atoms with van der Waals surface area (Å²) >= 11 is 0. The van der Waals surface area contributed by atoms with Crippen LogP contribution >= 0.6 is 0 Å². The molecule has 0 saturated carbocycles. The van der Waals surface area contributed by atoms with Crippen LogP contribution in [0.2, 0.25) is 0 Å². The van der Waals surface area contributed by atoms with E-state index in [9.17, 15) is 29.7 Å². The summed E-state index contributed by atoms with van der Waals surface area (Å²) in [5.74, 6) is -2.71. The van der Waals surface area contributed by atoms with Gasteiger partial charge in [0.15, 0.2) is 0 Å². The van der Waals surface area contributed by atoms with Crippen molar-refractivity contribution in [3.63, 3.8) is 0 Å². The number of hydrogen-bond acceptors (Lipinski definition) is 6. The fourth-order valence-corrected chi connectivity index (χ4v) is 3.57. The molecule has 0 N–H and O–H groups in total. The summed E-state index contributed by atoms with van der Waals surface area (Å²) in [4.78, 5) is 32.2. The van der Waals surface area contributed by atoms with E-state index in [2.05, 4.69) is 20.8 Å². The van der Waals surface area contributed by atoms with Gasteiger partial charge in [-0.3, -0.25) is 0 Å². The summed E-state index contributed by atoms with van der Waals surface area (Å²) in [6, 6.07) is 0. The van der Waals surface area contributed by atoms with Crippen LogP contribution < -0.4 is 15.3 Å². The third-order valence-corrected chi connectivity index (χ3v) is 7.82. The van der Waals surface area contributed by atoms with Crippen LogP contribution in [-0.4, -0.2) is 17.9 Å². The molecule has 227 valence electrons. The van der Waals surface area contributed by atoms with Crippen LogP contribution in [0.3, 0.4) is 0 Å². The zero-order valence-electron chi connectivity index (χ0n) is 25.3. The fraction of sp³-hybridized carbons (Fsp3) is 0.900. The van der Waals surface area contributed by atoms with Crippen molar-refractivity contribution in [3.05, 3.63) is 0 Å². The number of unbranched alkanes of at least 4 members (excludes halogenated alkanes) is 6. The quantitative estimate of drug-likeness (QED) is 0.183. The molecule has 0 rings (SSSR count). The number of carbonyl (C=O) groups excluding carboxylic acids is 3. The van der Waals surface area contributed by atoms with Crippen molar-refractivity contribution < 1.29 is 76.6 Å². The van der Waals surface area contributed by atoms with E-state index < -0.39 is 34.2 Å². The first kappa shape index (κ1) is 44.0. The summed E-state index contributed by atoms with van der Waals surface area (Å²) in [6.45, 7) is 17.4. The molecule has 0 heterocycles. The van der Waals surface area contributed by atoms with E-state index >= 15 is 0 Å². The molecule has 0 aliphatic rings. The molecule has 1 radical (unpaired) electrons. The molecule has 0 bridgehead atoms. The normalized spacial score (nSPS) is 15.2. The Morgan fingerprint density at radius 2 is 0.649 bits per heavy atom. The molecule has 3 unspecified atom stereocenters. The van der Waals surface area contributed by atoms with Gasteiger partial charge in [-0.25, -0.2) is 0 Å². The number of rotatable bonds is 18. The van der Waals surface area contributed by atoms with Crippen LogP contribution in [0.4, 0.5) is 0 Å². The molecule has 6 nitrogen and oxygen atoms in total. The molecule has 0 fully saturated rings. The van der Waals surface area contributed by atoms with Gasteiger partial charge in [0.25, 0.3) is 0 Å². The first-order chi connectivity index (χ1) is 16.7. The largest absolute Gasteiger partial charge is 3.00 e. The smallest absolute Gasteiger partial charge is 0.550 e. The van der Waals surface area contributed by atoms with Gasteiger partial charge in [-0.05, 0) is 38.5 Å². The Labute approximate surface area is 267 Å². The summed E-state index contributed by atoms with van der Waals surface area (Å²) in [5, 5.41) is 32.2. The van der Waals surface area contributed by atoms with Gasteiger partial charge in [-0.2, -0.15) is 0 Å². The second-order valence-electron chi connectivity index (χ2n) is 11.0. The summed E-state index contributed by atoms with van der Waals surface area (Å²) in [5.41, 5.74) is -1.81. The van der Waals surface area contributed by atoms with Crippen molar-refractivity contribution in [1.82, 2.24) is 0 Å². The maximum absolute atomic E-state index is 10.7. The van der Waals surface area contributed by atoms with Gasteiger partial charge in [0, 0.05) is 34.2 Å². The maximum Gasteiger partial charge on any atom is 3.00 e. The Bertz CT molecular complexity index is 516. The Morgan fingerprint density at radius 3 is 0.757 bits per heavy atom. The standard InChI is InChI=1S/3C10H20O2.Yb/c3*1-4-6-7-8-10(3,5-2)9(11)12;/h3*4-8H2,1-3H3,(H,11,12);/q;;;+3/p-3. The van der Waals surface area contributed by atoms with E-state index in [1.807, 2.05) is 20.8 Å². The third-order valence-electron chi connectivity index (χ3n) is 7.82. The SMILES string of the molecule is CCCCCC(C)(CC)C(=O)[O-].CCCCCC(C)(CC)C(=O)[O-].CCCCCC(C)(CC)C(=O)[O-].[Yb+3]. The Balaban J connectivity index is -0.000000218. The Hall–Kier alpha value is -0.0705. The van der Waals surface area contributed by atoms with Gasteiger partial charge in [-0.15, -0.1) is 0 Å². The Kier molecular flexibility index (Phi) is 29.6. The van der Waals surface area contributed by atoms with Crippen molar-refractivity contribution in [3.8, 4) is 0 Å². The predicted octanol–water partition coefficient (Wildman–Crippen LogP) is 5.20. The van der Waals surface area contributed by atoms with E-state index in [4.69, 9.17) is 0 Å². The molecule has 0 aliphatic heterocycles. The van der Waals surface area contributed by atoms with Crippen molar-refractivity contribution >= 4 is 17.9 Å². The van der Waals surface area contributed by atoms with Crippen molar-refractivity contribution in [1.29, 1.82) is 0 Å². The average Bonchev–Trinajstić information content (AvgIpc) is 2.84. The van der Waals surface area contributed by atoms with Crippen LogP contribution in [0.15, 0.2) is 0 Å². The van der Waals surface area contributed by atoms with E-state index in [0.29, 0.717) is 19.3 Å². The van der Waals surface area contributed by atoms with Crippen molar-refractivity contribution in [2.24, 2.45) is 16.2 Å². The molecule has 0 spiro atoms. The first-order valence-corrected chi connectivity index (χ1v) is 14.3. The molecule has 0 saturated heterocycles. The number of carbonyl (C=O) groups is 3. The number of carboxylic acid groups (broad SMARTS) is 3. The molecule has 37 heavy (non-hydrogen) atoms. The average molecular weight is 687 g/mol. The summed E-state index contributed by atoms with van der Waals surface area (Å²) in [7, 11) is 0. The minimum atomic E-state index is -0.902. The molecule has 3 atom stereocenters. The van der Waals surface area contributed by atoms with Gasteiger partial charge in [0.1, 0.15) is 0 Å². The van der Waals surface area contributed by atoms with Gasteiger partial charge < -0.3 is 29.7 Å². The maximum atomic E-state index is 10.7. The minimum Gasteiger partial charge on any atom is -0.550 e. The van der Waals surface area contributed by atoms with Crippen LogP contribution in [0.25, 0.3) is 0 Å². The zero-order valence-corrected chi connectivity index (χ0v) is 27.0. The molecule has 7 heteroatoms. The molecular formula is C30H57O6Yb. The topological polar surface area (TPSA) is 120 Å². The number of hydrogen-bond donors (Lipinski definition) is 0. The fourth-order valence-electron chi connectivity index (χ4n) is 3.57. The van der Waals surface area contributed by atoms with Crippen molar-refractivity contribution in [2.75, 3.05) is 0 Å². The van der Waals surface area contributed by atoms with Gasteiger partial charge >= 0.3 is 46.9 Å². The molecule has 0 aromatic heterocycles. The molecule has 0 amide bonds. The third kappa shape index (κ3) is 20.5. The van der Waals surface area contributed by atoms with Crippen LogP contribution in [0.1, 0.15) is 159 Å². The number of aliphatic carboxylic acids is 3. The van der Waals surface area contributed by atoms with Gasteiger partial charge in [0.05, 0.1) is 0 Å². The second-order valence-corrected chi connectivity index (χ2v) is 11.0. The Morgan fingerprint density at radius 1 is 0.459 bits per heavy atom. The van der Waals surface area contributed by atoms with E-state index in [1.54, 1.807) is 20.8 Å². The van der Waals surface area contributed by atoms with Crippen LogP contribution in [0.5, 0.6) is 0 Å². The first-order valence-electron chi connectivity index (χ1n) is 14.3. The van der Waals surface area contributed by atoms with E-state index in [0.717, 1.165) is 77.0 Å². The molecular weight excluding hydrogens is 629 g/mol. The summed E-state index contributed by atoms with van der Waals surface area (Å²) in [6.07, 6.45) is 14.0. The molecule has 0 aliphatic carbocycles. The summed E-state index contributed by atoms with van der Waals surface area (Å²) < 4.78 is 0. The monoisotopic (exact) mass is 687 g/mol. The van der Waals surface area contributed by atoms with Crippen LogP contribution in [-0.2, 0) is 14.4 Å². The number of carboxylic acids is 3. The predicted molar refractivity (Wildman–Crippen MR) is 143 cm³/mol. The van der Waals surface area contributed by atoms with E-state index in [-0.39, 0.29) is 46.9 Å². The van der Waals surface area contributed by atoms with Crippen LogP contribution in [0, 0.1) is 63.2 Å². The van der Waals surface area contributed by atoms with Crippen molar-refractivity contribution in [2.45, 2.75) is 159 Å². The van der Waals surface area contributed by atoms with Gasteiger partial charge in [-0.1, -0.05) is 120 Å². The zero-order chi connectivity index (χ0) is 28.8. The van der Waals surface area contributed by atoms with E-state index in [1.165, 1.54) is 0 Å². The molecule has 0 aromatic rings. The second kappa shape index (κ2) is 24.9. The minimum absolute atomic E-state index is 0.